The fourth-order valence-corrected chi connectivity index (χ4v) is 3.31. The summed E-state index contributed by atoms with van der Waals surface area (Å²) >= 11 is 0. The van der Waals surface area contributed by atoms with Gasteiger partial charge in [0.05, 0.1) is 0 Å². The van der Waals surface area contributed by atoms with E-state index in [1.54, 1.807) is 0 Å². The molecule has 1 saturated heterocycles. The first-order valence-electron chi connectivity index (χ1n) is 3.62. The minimum absolute atomic E-state index is 0.164. The Morgan fingerprint density at radius 1 is 1.33 bits per heavy atom. The lowest BCUT2D eigenvalue weighted by Crippen LogP contribution is -2.17. The Morgan fingerprint density at radius 3 is 2.22 bits per heavy atom. The van der Waals surface area contributed by atoms with E-state index in [1.807, 2.05) is 0 Å². The molecule has 1 heterocycles. The Hall–Kier alpha value is 0.390. The van der Waals surface area contributed by atoms with Gasteiger partial charge in [0, 0.05) is 0 Å². The van der Waals surface area contributed by atoms with Gasteiger partial charge >= 0.3 is 0 Å². The van der Waals surface area contributed by atoms with Gasteiger partial charge in [-0.25, -0.2) is 0 Å². The van der Waals surface area contributed by atoms with Crippen LogP contribution in [0.1, 0.15) is 27.2 Å². The van der Waals surface area contributed by atoms with Crippen molar-refractivity contribution in [2.45, 2.75) is 32.3 Å². The Balaban J connectivity index is 2.42. The van der Waals surface area contributed by atoms with Crippen molar-refractivity contribution in [3.63, 3.8) is 0 Å². The van der Waals surface area contributed by atoms with Crippen LogP contribution in [-0.2, 0) is 0 Å². The highest BCUT2D eigenvalue weighted by Gasteiger charge is 2.26. The van der Waals surface area contributed by atoms with E-state index in [4.69, 9.17) is 0 Å². The smallest absolute Gasteiger partial charge is 0.000598 e. The van der Waals surface area contributed by atoms with Crippen LogP contribution in [0.4, 0.5) is 0 Å². The number of hydrogen-bond acceptors (Lipinski definition) is 1. The van der Waals surface area contributed by atoms with Crippen LogP contribution in [0.5, 0.6) is 0 Å². The van der Waals surface area contributed by atoms with Gasteiger partial charge in [-0.15, -0.1) is 0 Å². The zero-order chi connectivity index (χ0) is 6.91. The Bertz CT molecular complexity index is 89.6. The van der Waals surface area contributed by atoms with Gasteiger partial charge in [0.15, 0.2) is 0 Å². The molecule has 1 N–H and O–H groups in total. The number of nitrogens with one attached hydrogen (secondary N) is 1. The van der Waals surface area contributed by atoms with Crippen molar-refractivity contribution in [3.8, 4) is 0 Å². The van der Waals surface area contributed by atoms with Crippen molar-refractivity contribution >= 4 is 8.07 Å². The third-order valence-corrected chi connectivity index (χ3v) is 4.66. The quantitative estimate of drug-likeness (QED) is 0.515. The predicted octanol–water partition coefficient (Wildman–Crippen LogP) is 2.18. The molecule has 0 aromatic rings. The monoisotopic (exact) mass is 145 g/mol. The zero-order valence-corrected chi connectivity index (χ0v) is 7.46. The van der Waals surface area contributed by atoms with Gasteiger partial charge in [0.2, 0.25) is 0 Å². The number of hydrogen-bond donors (Lipinski definition) is 1. The van der Waals surface area contributed by atoms with Gasteiger partial charge in [0.1, 0.15) is 0 Å². The van der Waals surface area contributed by atoms with Crippen molar-refractivity contribution < 1.29 is 0 Å². The molecule has 0 spiro atoms. The van der Waals surface area contributed by atoms with Crippen LogP contribution < -0.4 is 5.09 Å². The first-order chi connectivity index (χ1) is 4.11. The van der Waals surface area contributed by atoms with E-state index in [0.717, 1.165) is 0 Å². The Morgan fingerprint density at radius 2 is 2.00 bits per heavy atom. The van der Waals surface area contributed by atoms with Crippen LogP contribution in [0.2, 0.25) is 0 Å². The molecule has 0 aliphatic carbocycles. The van der Waals surface area contributed by atoms with Crippen LogP contribution >= 0.6 is 8.07 Å². The normalized spacial score (nSPS) is 29.0. The summed E-state index contributed by atoms with van der Waals surface area (Å²) in [7, 11) is 0.164. The summed E-state index contributed by atoms with van der Waals surface area (Å²) in [6.07, 6.45) is 2.82. The van der Waals surface area contributed by atoms with Crippen molar-refractivity contribution in [2.75, 3.05) is 12.7 Å². The molecule has 0 bridgehead atoms. The molecular formula is C7H16NP. The molecule has 0 aromatic carbocycles. The van der Waals surface area contributed by atoms with E-state index >= 15 is 0 Å². The third-order valence-electron chi connectivity index (χ3n) is 1.67. The molecule has 1 rings (SSSR count). The van der Waals surface area contributed by atoms with E-state index in [-0.39, 0.29) is 8.07 Å². The molecule has 1 aliphatic rings. The summed E-state index contributed by atoms with van der Waals surface area (Å²) in [6, 6.07) is 0. The molecule has 1 fully saturated rings. The van der Waals surface area contributed by atoms with E-state index in [2.05, 4.69) is 25.9 Å². The lowest BCUT2D eigenvalue weighted by molar-refractivity contribution is 0.775. The molecular weight excluding hydrogens is 129 g/mol. The van der Waals surface area contributed by atoms with Crippen LogP contribution in [0.25, 0.3) is 0 Å². The summed E-state index contributed by atoms with van der Waals surface area (Å²) in [4.78, 5) is 0. The van der Waals surface area contributed by atoms with Gasteiger partial charge in [-0.2, -0.15) is 0 Å². The van der Waals surface area contributed by atoms with Gasteiger partial charge < -0.3 is 0 Å². The molecule has 54 valence electrons. The second kappa shape index (κ2) is 2.56. The van der Waals surface area contributed by atoms with Crippen molar-refractivity contribution in [3.05, 3.63) is 0 Å². The molecule has 2 heteroatoms. The maximum Gasteiger partial charge on any atom is -0.000598 e. The molecule has 0 amide bonds. The van der Waals surface area contributed by atoms with Crippen LogP contribution in [0.15, 0.2) is 0 Å². The highest BCUT2D eigenvalue weighted by atomic mass is 31.1. The van der Waals surface area contributed by atoms with Gasteiger partial charge in [-0.3, -0.25) is 5.09 Å². The second-order valence-electron chi connectivity index (χ2n) is 3.58. The lowest BCUT2D eigenvalue weighted by atomic mass is 10.3. The third kappa shape index (κ3) is 1.91. The maximum atomic E-state index is 3.56. The SMILES string of the molecule is CC(C)(C)P1CCCN1. The summed E-state index contributed by atoms with van der Waals surface area (Å²) in [5.41, 5.74) is 0. The van der Waals surface area contributed by atoms with Gasteiger partial charge in [-0.05, 0) is 32.4 Å². The standard InChI is InChI=1S/C7H16NP/c1-7(2,3)9-6-4-5-8-9/h8H,4-6H2,1-3H3. The fourth-order valence-electron chi connectivity index (χ4n) is 1.10. The maximum absolute atomic E-state index is 3.56. The molecule has 1 unspecified atom stereocenters. The Kier molecular flexibility index (Phi) is 2.13. The molecule has 0 aromatic heterocycles. The average Bonchev–Trinajstić information content (AvgIpc) is 2.08. The van der Waals surface area contributed by atoms with Gasteiger partial charge in [0.25, 0.3) is 0 Å². The molecule has 1 nitrogen and oxygen atoms in total. The first-order valence-corrected chi connectivity index (χ1v) is 5.14. The fraction of sp³-hybridized carbons (Fsp3) is 1.00. The van der Waals surface area contributed by atoms with Gasteiger partial charge in [-0.1, -0.05) is 20.8 Å². The molecule has 1 atom stereocenters. The van der Waals surface area contributed by atoms with E-state index in [1.165, 1.54) is 19.1 Å². The predicted molar refractivity (Wildman–Crippen MR) is 44.2 cm³/mol. The van der Waals surface area contributed by atoms with Crippen LogP contribution in [0.3, 0.4) is 0 Å². The average molecular weight is 145 g/mol. The molecule has 0 radical (unpaired) electrons. The van der Waals surface area contributed by atoms with Crippen molar-refractivity contribution in [1.82, 2.24) is 5.09 Å². The highest BCUT2D eigenvalue weighted by Crippen LogP contribution is 2.48. The van der Waals surface area contributed by atoms with Crippen molar-refractivity contribution in [1.29, 1.82) is 0 Å². The highest BCUT2D eigenvalue weighted by molar-refractivity contribution is 7.57. The summed E-state index contributed by atoms with van der Waals surface area (Å²) in [5.74, 6) is 0. The summed E-state index contributed by atoms with van der Waals surface area (Å²) in [5, 5.41) is 4.09. The number of rotatable bonds is 0. The lowest BCUT2D eigenvalue weighted by Gasteiger charge is -2.26. The minimum atomic E-state index is 0.164. The van der Waals surface area contributed by atoms with Crippen LogP contribution in [0, 0.1) is 0 Å². The molecule has 0 saturated carbocycles. The van der Waals surface area contributed by atoms with E-state index in [0.29, 0.717) is 5.16 Å². The molecule has 1 aliphatic heterocycles. The minimum Gasteiger partial charge on any atom is -0.295 e. The topological polar surface area (TPSA) is 12.0 Å². The molecule has 9 heavy (non-hydrogen) atoms. The second-order valence-corrected chi connectivity index (χ2v) is 6.55. The Labute approximate surface area is 59.0 Å². The van der Waals surface area contributed by atoms with Crippen LogP contribution in [-0.4, -0.2) is 17.9 Å². The zero-order valence-electron chi connectivity index (χ0n) is 6.57. The van der Waals surface area contributed by atoms with E-state index in [9.17, 15) is 0 Å². The van der Waals surface area contributed by atoms with Crippen molar-refractivity contribution in [2.24, 2.45) is 0 Å². The summed E-state index contributed by atoms with van der Waals surface area (Å²) < 4.78 is 0. The summed E-state index contributed by atoms with van der Waals surface area (Å²) in [6.45, 7) is 8.24. The largest absolute Gasteiger partial charge is 0.295 e. The van der Waals surface area contributed by atoms with E-state index < -0.39 is 0 Å². The first kappa shape index (κ1) is 7.50.